The first kappa shape index (κ1) is 9.49. The minimum atomic E-state index is 0.192. The van der Waals surface area contributed by atoms with E-state index in [0.29, 0.717) is 23.0 Å². The molecular weight excluding hydrogens is 186 g/mol. The van der Waals surface area contributed by atoms with Crippen LogP contribution in [0, 0.1) is 11.3 Å². The number of hydrogen-bond acceptors (Lipinski definition) is 4. The third-order valence-electron chi connectivity index (χ3n) is 1.55. The topological polar surface area (TPSA) is 57.9 Å². The van der Waals surface area contributed by atoms with Crippen molar-refractivity contribution in [2.24, 2.45) is 0 Å². The van der Waals surface area contributed by atoms with E-state index < -0.39 is 0 Å². The van der Waals surface area contributed by atoms with Crippen molar-refractivity contribution in [2.45, 2.75) is 4.90 Å². The average Bonchev–Trinajstić information content (AvgIpc) is 2.16. The maximum absolute atomic E-state index is 10.5. The first-order valence-electron chi connectivity index (χ1n) is 3.40. The van der Waals surface area contributed by atoms with Crippen LogP contribution in [0.4, 0.5) is 0 Å². The molecule has 4 heteroatoms. The Balaban J connectivity index is 3.48. The molecule has 0 fully saturated rings. The number of aldehydes is 2. The summed E-state index contributed by atoms with van der Waals surface area (Å²) in [7, 11) is 0. The number of nitriles is 1. The van der Waals surface area contributed by atoms with Crippen molar-refractivity contribution < 1.29 is 9.59 Å². The smallest absolute Gasteiger partial charge is 0.151 e. The molecule has 3 nitrogen and oxygen atoms in total. The van der Waals surface area contributed by atoms with Crippen molar-refractivity contribution in [3.8, 4) is 6.07 Å². The highest BCUT2D eigenvalue weighted by molar-refractivity contribution is 7.80. The van der Waals surface area contributed by atoms with E-state index in [-0.39, 0.29) is 11.1 Å². The number of rotatable bonds is 2. The molecule has 1 aromatic carbocycles. The van der Waals surface area contributed by atoms with Gasteiger partial charge in [-0.2, -0.15) is 5.26 Å². The molecule has 0 aliphatic carbocycles. The molecule has 0 aliphatic heterocycles. The molecular formula is C9H5NO2S. The molecule has 0 radical (unpaired) electrons. The minimum Gasteiger partial charge on any atom is -0.298 e. The second kappa shape index (κ2) is 3.87. The predicted octanol–water partition coefficient (Wildman–Crippen LogP) is 1.47. The van der Waals surface area contributed by atoms with E-state index in [2.05, 4.69) is 12.6 Å². The van der Waals surface area contributed by atoms with Gasteiger partial charge in [-0.15, -0.1) is 12.6 Å². The maximum Gasteiger partial charge on any atom is 0.151 e. The fourth-order valence-corrected chi connectivity index (χ4v) is 1.28. The van der Waals surface area contributed by atoms with Crippen LogP contribution in [0.5, 0.6) is 0 Å². The summed E-state index contributed by atoms with van der Waals surface area (Å²) in [5, 5.41) is 8.65. The van der Waals surface area contributed by atoms with Crippen molar-refractivity contribution in [3.05, 3.63) is 28.8 Å². The number of carbonyl (C=O) groups is 2. The van der Waals surface area contributed by atoms with Crippen LogP contribution in [0.2, 0.25) is 0 Å². The lowest BCUT2D eigenvalue weighted by Gasteiger charge is -2.00. The van der Waals surface area contributed by atoms with Gasteiger partial charge in [-0.25, -0.2) is 0 Å². The van der Waals surface area contributed by atoms with E-state index in [9.17, 15) is 9.59 Å². The molecule has 13 heavy (non-hydrogen) atoms. The Morgan fingerprint density at radius 2 is 2.00 bits per heavy atom. The van der Waals surface area contributed by atoms with E-state index in [0.717, 1.165) is 0 Å². The first-order valence-corrected chi connectivity index (χ1v) is 3.85. The van der Waals surface area contributed by atoms with Crippen molar-refractivity contribution >= 4 is 25.2 Å². The van der Waals surface area contributed by atoms with Crippen LogP contribution in [-0.2, 0) is 0 Å². The van der Waals surface area contributed by atoms with Crippen LogP contribution in [0.25, 0.3) is 0 Å². The Labute approximate surface area is 80.4 Å². The highest BCUT2D eigenvalue weighted by Gasteiger charge is 2.06. The van der Waals surface area contributed by atoms with Crippen LogP contribution in [0.1, 0.15) is 26.3 Å². The molecule has 0 amide bonds. The standard InChI is InChI=1S/C9H5NO2S/c10-3-8-7(5-12)1-6(4-11)2-9(8)13/h1-2,4-5,13H. The Morgan fingerprint density at radius 1 is 1.31 bits per heavy atom. The number of nitrogens with zero attached hydrogens (tertiary/aromatic N) is 1. The molecule has 0 heterocycles. The largest absolute Gasteiger partial charge is 0.298 e. The molecule has 0 unspecified atom stereocenters. The highest BCUT2D eigenvalue weighted by atomic mass is 32.1. The van der Waals surface area contributed by atoms with Crippen molar-refractivity contribution in [1.29, 1.82) is 5.26 Å². The third-order valence-corrected chi connectivity index (χ3v) is 1.90. The van der Waals surface area contributed by atoms with Gasteiger partial charge < -0.3 is 0 Å². The van der Waals surface area contributed by atoms with Gasteiger partial charge in [0.05, 0.1) is 5.56 Å². The summed E-state index contributed by atoms with van der Waals surface area (Å²) >= 11 is 3.99. The monoisotopic (exact) mass is 191 g/mol. The minimum absolute atomic E-state index is 0.192. The van der Waals surface area contributed by atoms with Crippen molar-refractivity contribution in [3.63, 3.8) is 0 Å². The SMILES string of the molecule is N#Cc1c(S)cc(C=O)cc1C=O. The fraction of sp³-hybridized carbons (Fsp3) is 0. The molecule has 0 saturated carbocycles. The first-order chi connectivity index (χ1) is 6.22. The van der Waals surface area contributed by atoms with Gasteiger partial charge in [-0.1, -0.05) is 0 Å². The zero-order valence-corrected chi connectivity index (χ0v) is 7.41. The van der Waals surface area contributed by atoms with Gasteiger partial charge in [-0.3, -0.25) is 9.59 Å². The molecule has 0 aliphatic rings. The number of benzene rings is 1. The second-order valence-corrected chi connectivity index (χ2v) is 2.83. The van der Waals surface area contributed by atoms with Gasteiger partial charge in [0.25, 0.3) is 0 Å². The van der Waals surface area contributed by atoms with Gasteiger partial charge in [0, 0.05) is 16.0 Å². The zero-order chi connectivity index (χ0) is 9.84. The number of hydrogen-bond donors (Lipinski definition) is 1. The predicted molar refractivity (Wildman–Crippen MR) is 49.2 cm³/mol. The molecule has 64 valence electrons. The van der Waals surface area contributed by atoms with Gasteiger partial charge >= 0.3 is 0 Å². The summed E-state index contributed by atoms with van der Waals surface area (Å²) < 4.78 is 0. The molecule has 0 atom stereocenters. The lowest BCUT2D eigenvalue weighted by Crippen LogP contribution is -1.92. The average molecular weight is 191 g/mol. The van der Waals surface area contributed by atoms with Crippen LogP contribution in [-0.4, -0.2) is 12.6 Å². The number of thiol groups is 1. The van der Waals surface area contributed by atoms with E-state index in [1.165, 1.54) is 12.1 Å². The molecule has 0 saturated heterocycles. The van der Waals surface area contributed by atoms with E-state index in [4.69, 9.17) is 5.26 Å². The summed E-state index contributed by atoms with van der Waals surface area (Å²) in [5.41, 5.74) is 0.729. The Bertz CT molecular complexity index is 407. The summed E-state index contributed by atoms with van der Waals surface area (Å²) in [6, 6.07) is 4.65. The summed E-state index contributed by atoms with van der Waals surface area (Å²) in [6.07, 6.45) is 1.14. The van der Waals surface area contributed by atoms with Crippen LogP contribution >= 0.6 is 12.6 Å². The third kappa shape index (κ3) is 1.76. The van der Waals surface area contributed by atoms with E-state index in [1.807, 2.05) is 6.07 Å². The quantitative estimate of drug-likeness (QED) is 0.569. The van der Waals surface area contributed by atoms with Gasteiger partial charge in [0.15, 0.2) is 6.29 Å². The van der Waals surface area contributed by atoms with Gasteiger partial charge in [-0.05, 0) is 12.1 Å². The van der Waals surface area contributed by atoms with Crippen LogP contribution < -0.4 is 0 Å². The van der Waals surface area contributed by atoms with Crippen LogP contribution in [0.15, 0.2) is 17.0 Å². The Hall–Kier alpha value is -1.60. The Morgan fingerprint density at radius 3 is 2.46 bits per heavy atom. The van der Waals surface area contributed by atoms with Gasteiger partial charge in [0.1, 0.15) is 12.4 Å². The molecule has 1 rings (SSSR count). The molecule has 1 aromatic rings. The summed E-state index contributed by atoms with van der Waals surface area (Å²) in [5.74, 6) is 0. The molecule has 0 spiro atoms. The lowest BCUT2D eigenvalue weighted by molar-refractivity contribution is 0.112. The highest BCUT2D eigenvalue weighted by Crippen LogP contribution is 2.18. The van der Waals surface area contributed by atoms with Crippen LogP contribution in [0.3, 0.4) is 0 Å². The second-order valence-electron chi connectivity index (χ2n) is 2.35. The Kier molecular flexibility index (Phi) is 2.83. The summed E-state index contributed by atoms with van der Waals surface area (Å²) in [4.78, 5) is 21.2. The lowest BCUT2D eigenvalue weighted by atomic mass is 10.1. The normalized spacial score (nSPS) is 8.92. The fourth-order valence-electron chi connectivity index (χ4n) is 0.954. The summed E-state index contributed by atoms with van der Waals surface area (Å²) in [6.45, 7) is 0. The van der Waals surface area contributed by atoms with Crippen molar-refractivity contribution in [2.75, 3.05) is 0 Å². The van der Waals surface area contributed by atoms with Gasteiger partial charge in [0.2, 0.25) is 0 Å². The molecule has 0 N–H and O–H groups in total. The van der Waals surface area contributed by atoms with E-state index >= 15 is 0 Å². The zero-order valence-electron chi connectivity index (χ0n) is 6.52. The number of carbonyl (C=O) groups excluding carboxylic acids is 2. The molecule has 0 aromatic heterocycles. The maximum atomic E-state index is 10.5. The van der Waals surface area contributed by atoms with E-state index in [1.54, 1.807) is 0 Å². The van der Waals surface area contributed by atoms with Crippen molar-refractivity contribution in [1.82, 2.24) is 0 Å². The molecule has 0 bridgehead atoms.